The Kier molecular flexibility index (Phi) is 4.26. The summed E-state index contributed by atoms with van der Waals surface area (Å²) >= 11 is 5.73. The van der Waals surface area contributed by atoms with Crippen LogP contribution in [0.3, 0.4) is 0 Å². The fourth-order valence-electron chi connectivity index (χ4n) is 2.76. The van der Waals surface area contributed by atoms with Gasteiger partial charge in [0.15, 0.2) is 5.13 Å². The summed E-state index contributed by atoms with van der Waals surface area (Å²) in [5.41, 5.74) is 2.40. The van der Waals surface area contributed by atoms with Crippen molar-refractivity contribution in [2.45, 2.75) is 30.6 Å². The molecule has 2 unspecified atom stereocenters. The first-order valence-electron chi connectivity index (χ1n) is 7.43. The van der Waals surface area contributed by atoms with Gasteiger partial charge in [0.25, 0.3) is 0 Å². The van der Waals surface area contributed by atoms with Gasteiger partial charge in [0, 0.05) is 25.4 Å². The van der Waals surface area contributed by atoms with Crippen LogP contribution < -0.4 is 5.11 Å². The fraction of sp³-hybridized carbons (Fsp3) is 0.278. The van der Waals surface area contributed by atoms with Crippen molar-refractivity contribution in [1.82, 2.24) is 4.90 Å². The maximum absolute atomic E-state index is 13.8. The molecule has 0 spiro atoms. The van der Waals surface area contributed by atoms with Gasteiger partial charge in [-0.05, 0) is 16.7 Å². The van der Waals surface area contributed by atoms with E-state index < -0.39 is 11.2 Å². The third-order valence-electron chi connectivity index (χ3n) is 4.09. The van der Waals surface area contributed by atoms with E-state index in [2.05, 4.69) is 0 Å². The number of carboxylic acid groups (broad SMARTS) is 1. The Morgan fingerprint density at radius 3 is 2.39 bits per heavy atom. The zero-order chi connectivity index (χ0) is 16.4. The Hall–Kier alpha value is -2.07. The highest BCUT2D eigenvalue weighted by atomic mass is 35.5. The normalized spacial score (nSPS) is 22.6. The fourth-order valence-corrected chi connectivity index (χ4v) is 3.04. The van der Waals surface area contributed by atoms with E-state index in [1.165, 1.54) is 4.90 Å². The highest BCUT2D eigenvalue weighted by Crippen LogP contribution is 2.58. The third-order valence-corrected chi connectivity index (χ3v) is 4.51. The molecule has 1 fully saturated rings. The van der Waals surface area contributed by atoms with Gasteiger partial charge in [-0.3, -0.25) is 0 Å². The molecule has 0 bridgehead atoms. The number of nitrogens with zero attached hydrogens (tertiary/aromatic N) is 1. The van der Waals surface area contributed by atoms with Crippen LogP contribution in [0.5, 0.6) is 0 Å². The van der Waals surface area contributed by atoms with Gasteiger partial charge in [-0.25, -0.2) is 4.39 Å². The molecule has 1 aliphatic carbocycles. The number of halogens is 2. The van der Waals surface area contributed by atoms with Crippen molar-refractivity contribution in [2.75, 3.05) is 0 Å². The summed E-state index contributed by atoms with van der Waals surface area (Å²) in [4.78, 5) is 12.7. The average Bonchev–Trinajstić information content (AvgIpc) is 3.16. The van der Waals surface area contributed by atoms with Gasteiger partial charge in [0.05, 0.1) is 0 Å². The van der Waals surface area contributed by atoms with Crippen LogP contribution in [0, 0.1) is 0 Å². The predicted octanol–water partition coefficient (Wildman–Crippen LogP) is 3.42. The Morgan fingerprint density at radius 2 is 1.78 bits per heavy atom. The summed E-state index contributed by atoms with van der Waals surface area (Å²) in [5, 5.41) is 9.74. The number of carbonyl (C=O) groups is 1. The predicted molar refractivity (Wildman–Crippen MR) is 84.6 cm³/mol. The molecule has 0 radical (unpaired) electrons. The minimum Gasteiger partial charge on any atom is -0.530 e. The van der Waals surface area contributed by atoms with Crippen molar-refractivity contribution < 1.29 is 14.3 Å². The zero-order valence-corrected chi connectivity index (χ0v) is 13.2. The molecule has 3 rings (SSSR count). The van der Waals surface area contributed by atoms with Gasteiger partial charge < -0.3 is 14.8 Å². The van der Waals surface area contributed by atoms with Crippen molar-refractivity contribution in [2.24, 2.45) is 0 Å². The second-order valence-corrected chi connectivity index (χ2v) is 6.45. The zero-order valence-electron chi connectivity index (χ0n) is 12.4. The van der Waals surface area contributed by atoms with E-state index in [0.29, 0.717) is 0 Å². The molecule has 23 heavy (non-hydrogen) atoms. The summed E-state index contributed by atoms with van der Waals surface area (Å²) in [7, 11) is 0. The van der Waals surface area contributed by atoms with Crippen LogP contribution in [0.25, 0.3) is 0 Å². The maximum Gasteiger partial charge on any atom is 0.191 e. The summed E-state index contributed by atoms with van der Waals surface area (Å²) < 4.78 is 13.8. The smallest absolute Gasteiger partial charge is 0.191 e. The van der Waals surface area contributed by atoms with E-state index in [1.807, 2.05) is 48.5 Å². The minimum absolute atomic E-state index is 0.150. The van der Waals surface area contributed by atoms with E-state index in [9.17, 15) is 14.3 Å². The number of amides is 1. The molecule has 1 saturated carbocycles. The lowest BCUT2D eigenvalue weighted by Gasteiger charge is -2.26. The van der Waals surface area contributed by atoms with Crippen molar-refractivity contribution in [3.8, 4) is 0 Å². The number of hydrogen-bond acceptors (Lipinski definition) is 2. The van der Waals surface area contributed by atoms with Gasteiger partial charge in [-0.15, -0.1) is 0 Å². The van der Waals surface area contributed by atoms with Crippen LogP contribution in [0.2, 0.25) is 0 Å². The minimum atomic E-state index is -1.71. The van der Waals surface area contributed by atoms with Crippen molar-refractivity contribution in [1.29, 1.82) is 0 Å². The summed E-state index contributed by atoms with van der Waals surface area (Å²) in [5.74, 6) is -0.374. The second kappa shape index (κ2) is 6.20. The Bertz CT molecular complexity index is 705. The molecule has 2 aromatic carbocycles. The number of hydrogen-bond donors (Lipinski definition) is 0. The molecule has 0 aromatic heterocycles. The first kappa shape index (κ1) is 15.8. The van der Waals surface area contributed by atoms with Gasteiger partial charge in [-0.2, -0.15) is 0 Å². The van der Waals surface area contributed by atoms with Crippen LogP contribution in [0.15, 0.2) is 54.6 Å². The molecular weight excluding hydrogens is 317 g/mol. The van der Waals surface area contributed by atoms with Crippen molar-refractivity contribution in [3.05, 3.63) is 71.3 Å². The topological polar surface area (TPSA) is 43.4 Å². The number of alkyl halides is 2. The van der Waals surface area contributed by atoms with Crippen LogP contribution in [-0.2, 0) is 13.1 Å². The monoisotopic (exact) mass is 332 g/mol. The Balaban J connectivity index is 1.80. The molecule has 2 aromatic rings. The number of rotatable bonds is 5. The molecule has 1 aliphatic rings. The van der Waals surface area contributed by atoms with E-state index in [4.69, 9.17) is 11.6 Å². The quantitative estimate of drug-likeness (QED) is 0.787. The molecule has 0 aliphatic heterocycles. The van der Waals surface area contributed by atoms with Crippen molar-refractivity contribution in [3.63, 3.8) is 0 Å². The molecule has 2 atom stereocenters. The lowest BCUT2D eigenvalue weighted by molar-refractivity contribution is -0.267. The SMILES string of the molecule is O=C([O-])N(Cc1ccccc1)Cc1ccccc1C1CC1(F)Cl. The molecule has 0 saturated heterocycles. The van der Waals surface area contributed by atoms with E-state index in [1.54, 1.807) is 6.07 Å². The lowest BCUT2D eigenvalue weighted by Crippen LogP contribution is -2.40. The van der Waals surface area contributed by atoms with Gasteiger partial charge >= 0.3 is 0 Å². The highest BCUT2D eigenvalue weighted by Gasteiger charge is 2.55. The third kappa shape index (κ3) is 3.64. The molecule has 120 valence electrons. The molecule has 3 nitrogen and oxygen atoms in total. The van der Waals surface area contributed by atoms with Crippen LogP contribution >= 0.6 is 11.6 Å². The Labute approximate surface area is 139 Å². The van der Waals surface area contributed by atoms with Crippen LogP contribution in [-0.4, -0.2) is 16.1 Å². The van der Waals surface area contributed by atoms with E-state index in [-0.39, 0.29) is 25.4 Å². The molecule has 1 amide bonds. The standard InChI is InChI=1S/C18H17ClFNO2/c19-18(20)10-16(18)15-9-5-4-8-14(15)12-21(17(22)23)11-13-6-2-1-3-7-13/h1-9,16H,10-12H2,(H,22,23)/p-1. The van der Waals surface area contributed by atoms with E-state index >= 15 is 0 Å². The van der Waals surface area contributed by atoms with Gasteiger partial charge in [0.1, 0.15) is 6.09 Å². The average molecular weight is 333 g/mol. The van der Waals surface area contributed by atoms with E-state index in [0.717, 1.165) is 16.7 Å². The first-order valence-corrected chi connectivity index (χ1v) is 7.80. The molecule has 0 N–H and O–H groups in total. The number of carbonyl (C=O) groups excluding carboxylic acids is 1. The molecule has 5 heteroatoms. The summed E-state index contributed by atoms with van der Waals surface area (Å²) in [6.07, 6.45) is -0.993. The largest absolute Gasteiger partial charge is 0.530 e. The Morgan fingerprint density at radius 1 is 1.17 bits per heavy atom. The van der Waals surface area contributed by atoms with Gasteiger partial charge in [-0.1, -0.05) is 66.2 Å². The number of benzene rings is 2. The second-order valence-electron chi connectivity index (χ2n) is 5.82. The summed E-state index contributed by atoms with van der Waals surface area (Å²) in [6.45, 7) is 0.376. The molecule has 0 heterocycles. The maximum atomic E-state index is 13.8. The van der Waals surface area contributed by atoms with Crippen LogP contribution in [0.1, 0.15) is 29.0 Å². The summed E-state index contributed by atoms with van der Waals surface area (Å²) in [6, 6.07) is 16.5. The lowest BCUT2D eigenvalue weighted by atomic mass is 10.0. The first-order chi connectivity index (χ1) is 11.0. The highest BCUT2D eigenvalue weighted by molar-refractivity contribution is 6.25. The molecular formula is C18H16ClFNO2-. The van der Waals surface area contributed by atoms with Crippen LogP contribution in [0.4, 0.5) is 9.18 Å². The van der Waals surface area contributed by atoms with Gasteiger partial charge in [0.2, 0.25) is 0 Å². The van der Waals surface area contributed by atoms with Crippen molar-refractivity contribution >= 4 is 17.7 Å².